The summed E-state index contributed by atoms with van der Waals surface area (Å²) in [6, 6.07) is 10.0. The quantitative estimate of drug-likeness (QED) is 0.680. The van der Waals surface area contributed by atoms with E-state index in [0.717, 1.165) is 22.3 Å². The van der Waals surface area contributed by atoms with Gasteiger partial charge in [-0.1, -0.05) is 42.8 Å². The lowest BCUT2D eigenvalue weighted by atomic mass is 9.91. The van der Waals surface area contributed by atoms with Gasteiger partial charge in [-0.2, -0.15) is 17.3 Å². The normalized spacial score (nSPS) is 17.4. The Bertz CT molecular complexity index is 549. The standard InChI is InChI=1S/C14H18N4S2/c19-10-14(8-4-5-9-14)11-20-13-15-16-17-18(13)12-6-2-1-3-7-12/h1-3,6-7,19H,4-5,8-11H2. The van der Waals surface area contributed by atoms with Crippen LogP contribution >= 0.6 is 24.4 Å². The summed E-state index contributed by atoms with van der Waals surface area (Å²) < 4.78 is 1.81. The number of rotatable bonds is 5. The summed E-state index contributed by atoms with van der Waals surface area (Å²) in [5, 5.41) is 12.9. The molecule has 6 heteroatoms. The molecular formula is C14H18N4S2. The molecule has 1 saturated carbocycles. The topological polar surface area (TPSA) is 43.6 Å². The Morgan fingerprint density at radius 2 is 1.95 bits per heavy atom. The van der Waals surface area contributed by atoms with Crippen molar-refractivity contribution in [1.82, 2.24) is 20.2 Å². The molecule has 1 aromatic heterocycles. The van der Waals surface area contributed by atoms with E-state index in [1.165, 1.54) is 25.7 Å². The Morgan fingerprint density at radius 1 is 1.20 bits per heavy atom. The molecule has 0 spiro atoms. The summed E-state index contributed by atoms with van der Waals surface area (Å²) in [6.07, 6.45) is 5.20. The molecule has 0 saturated heterocycles. The molecule has 0 N–H and O–H groups in total. The lowest BCUT2D eigenvalue weighted by molar-refractivity contribution is 0.403. The lowest BCUT2D eigenvalue weighted by Gasteiger charge is -2.25. The Labute approximate surface area is 128 Å². The molecule has 3 rings (SSSR count). The molecule has 4 nitrogen and oxygen atoms in total. The molecule has 1 aliphatic rings. The van der Waals surface area contributed by atoms with E-state index in [4.69, 9.17) is 0 Å². The zero-order valence-corrected chi connectivity index (χ0v) is 13.0. The minimum absolute atomic E-state index is 0.362. The summed E-state index contributed by atoms with van der Waals surface area (Å²) in [7, 11) is 0. The van der Waals surface area contributed by atoms with Crippen molar-refractivity contribution >= 4 is 24.4 Å². The van der Waals surface area contributed by atoms with Crippen LogP contribution in [0.2, 0.25) is 0 Å². The van der Waals surface area contributed by atoms with Gasteiger partial charge >= 0.3 is 0 Å². The second kappa shape index (κ2) is 6.18. The lowest BCUT2D eigenvalue weighted by Crippen LogP contribution is -2.22. The van der Waals surface area contributed by atoms with Crippen LogP contribution < -0.4 is 0 Å². The maximum Gasteiger partial charge on any atom is 0.214 e. The highest BCUT2D eigenvalue weighted by Crippen LogP contribution is 2.42. The molecule has 1 heterocycles. The van der Waals surface area contributed by atoms with Crippen LogP contribution in [-0.2, 0) is 0 Å². The Balaban J connectivity index is 1.74. The van der Waals surface area contributed by atoms with Gasteiger partial charge in [0.05, 0.1) is 5.69 Å². The van der Waals surface area contributed by atoms with Crippen LogP contribution in [0.15, 0.2) is 35.5 Å². The third-order valence-corrected chi connectivity index (χ3v) is 5.89. The van der Waals surface area contributed by atoms with Gasteiger partial charge in [0.15, 0.2) is 0 Å². The maximum absolute atomic E-state index is 4.56. The number of hydrogen-bond acceptors (Lipinski definition) is 5. The van der Waals surface area contributed by atoms with E-state index in [-0.39, 0.29) is 0 Å². The molecule has 2 aromatic rings. The minimum atomic E-state index is 0.362. The predicted molar refractivity (Wildman–Crippen MR) is 84.6 cm³/mol. The SMILES string of the molecule is SCC1(CSc2nnnn2-c2ccccc2)CCCC1. The number of benzene rings is 1. The average Bonchev–Trinajstić information content (AvgIpc) is 3.16. The van der Waals surface area contributed by atoms with Gasteiger partial charge in [0.25, 0.3) is 0 Å². The third kappa shape index (κ3) is 2.86. The van der Waals surface area contributed by atoms with Crippen LogP contribution in [-0.4, -0.2) is 31.7 Å². The van der Waals surface area contributed by atoms with Gasteiger partial charge in [-0.05, 0) is 46.6 Å². The molecule has 1 aromatic carbocycles. The monoisotopic (exact) mass is 306 g/mol. The van der Waals surface area contributed by atoms with E-state index in [1.54, 1.807) is 11.8 Å². The Kier molecular flexibility index (Phi) is 4.31. The van der Waals surface area contributed by atoms with E-state index < -0.39 is 0 Å². The van der Waals surface area contributed by atoms with Crippen molar-refractivity contribution in [2.45, 2.75) is 30.8 Å². The first-order valence-corrected chi connectivity index (χ1v) is 8.52. The number of hydrogen-bond donors (Lipinski definition) is 1. The van der Waals surface area contributed by atoms with E-state index in [1.807, 2.05) is 35.0 Å². The molecule has 0 bridgehead atoms. The second-order valence-electron chi connectivity index (χ2n) is 5.36. The predicted octanol–water partition coefficient (Wildman–Crippen LogP) is 3.24. The van der Waals surface area contributed by atoms with Gasteiger partial charge in [-0.15, -0.1) is 5.10 Å². The van der Waals surface area contributed by atoms with E-state index in [0.29, 0.717) is 5.41 Å². The van der Waals surface area contributed by atoms with Crippen LogP contribution in [0.5, 0.6) is 0 Å². The molecular weight excluding hydrogens is 288 g/mol. The van der Waals surface area contributed by atoms with Crippen LogP contribution in [0.4, 0.5) is 0 Å². The molecule has 0 amide bonds. The number of tetrazole rings is 1. The van der Waals surface area contributed by atoms with Gasteiger partial charge in [0, 0.05) is 5.75 Å². The molecule has 0 aliphatic heterocycles. The summed E-state index contributed by atoms with van der Waals surface area (Å²) >= 11 is 6.30. The van der Waals surface area contributed by atoms with E-state index in [9.17, 15) is 0 Å². The van der Waals surface area contributed by atoms with Crippen LogP contribution in [0, 0.1) is 5.41 Å². The molecule has 1 aliphatic carbocycles. The number of nitrogens with zero attached hydrogens (tertiary/aromatic N) is 4. The Hall–Kier alpha value is -1.01. The van der Waals surface area contributed by atoms with Crippen molar-refractivity contribution in [3.05, 3.63) is 30.3 Å². The van der Waals surface area contributed by atoms with Crippen molar-refractivity contribution in [2.75, 3.05) is 11.5 Å². The molecule has 106 valence electrons. The summed E-state index contributed by atoms with van der Waals surface area (Å²) in [4.78, 5) is 0. The summed E-state index contributed by atoms with van der Waals surface area (Å²) in [5.74, 6) is 2.00. The second-order valence-corrected chi connectivity index (χ2v) is 6.62. The van der Waals surface area contributed by atoms with Gasteiger partial charge in [0.2, 0.25) is 5.16 Å². The minimum Gasteiger partial charge on any atom is -0.188 e. The largest absolute Gasteiger partial charge is 0.214 e. The fourth-order valence-electron chi connectivity index (χ4n) is 2.69. The highest BCUT2D eigenvalue weighted by Gasteiger charge is 2.33. The number of thiol groups is 1. The molecule has 0 atom stereocenters. The van der Waals surface area contributed by atoms with Crippen LogP contribution in [0.1, 0.15) is 25.7 Å². The number of thioether (sulfide) groups is 1. The number of para-hydroxylation sites is 1. The van der Waals surface area contributed by atoms with Crippen LogP contribution in [0.3, 0.4) is 0 Å². The third-order valence-electron chi connectivity index (χ3n) is 3.95. The number of aromatic nitrogens is 4. The van der Waals surface area contributed by atoms with E-state index in [2.05, 4.69) is 28.2 Å². The smallest absolute Gasteiger partial charge is 0.188 e. The van der Waals surface area contributed by atoms with Crippen molar-refractivity contribution in [1.29, 1.82) is 0 Å². The van der Waals surface area contributed by atoms with Gasteiger partial charge in [-0.3, -0.25) is 0 Å². The Morgan fingerprint density at radius 3 is 2.65 bits per heavy atom. The van der Waals surface area contributed by atoms with Crippen molar-refractivity contribution < 1.29 is 0 Å². The van der Waals surface area contributed by atoms with Crippen molar-refractivity contribution in [3.8, 4) is 5.69 Å². The molecule has 0 unspecified atom stereocenters. The molecule has 1 fully saturated rings. The van der Waals surface area contributed by atoms with Crippen molar-refractivity contribution in [3.63, 3.8) is 0 Å². The van der Waals surface area contributed by atoms with E-state index >= 15 is 0 Å². The average molecular weight is 306 g/mol. The first-order chi connectivity index (χ1) is 9.83. The highest BCUT2D eigenvalue weighted by molar-refractivity contribution is 7.99. The first kappa shape index (κ1) is 13.9. The summed E-state index contributed by atoms with van der Waals surface area (Å²) in [5.41, 5.74) is 1.37. The first-order valence-electron chi connectivity index (χ1n) is 6.90. The molecule has 20 heavy (non-hydrogen) atoms. The zero-order chi connectivity index (χ0) is 13.8. The molecule has 0 radical (unpaired) electrons. The van der Waals surface area contributed by atoms with Crippen molar-refractivity contribution in [2.24, 2.45) is 5.41 Å². The maximum atomic E-state index is 4.56. The fraction of sp³-hybridized carbons (Fsp3) is 0.500. The highest BCUT2D eigenvalue weighted by atomic mass is 32.2. The van der Waals surface area contributed by atoms with Gasteiger partial charge in [0.1, 0.15) is 0 Å². The van der Waals surface area contributed by atoms with Crippen LogP contribution in [0.25, 0.3) is 5.69 Å². The zero-order valence-electron chi connectivity index (χ0n) is 11.3. The summed E-state index contributed by atoms with van der Waals surface area (Å²) in [6.45, 7) is 0. The van der Waals surface area contributed by atoms with Gasteiger partial charge < -0.3 is 0 Å². The fourth-order valence-corrected chi connectivity index (χ4v) is 4.45. The van der Waals surface area contributed by atoms with Gasteiger partial charge in [-0.25, -0.2) is 0 Å².